The largest absolute Gasteiger partial charge is 0.192 e. The van der Waals surface area contributed by atoms with Crippen LogP contribution >= 0.6 is 0 Å². The van der Waals surface area contributed by atoms with Crippen molar-refractivity contribution in [2.24, 2.45) is 0 Å². The minimum absolute atomic E-state index is 0.680. The molecule has 54 heavy (non-hydrogen) atoms. The molecular weight excluding hydrogens is 653 g/mol. The smallest absolute Gasteiger partial charge is 0.0991 e. The number of fused-ring (bicyclic) bond motifs is 8. The second-order valence-corrected chi connectivity index (χ2v) is 14.9. The Morgan fingerprint density at radius 3 is 1.39 bits per heavy atom. The van der Waals surface area contributed by atoms with Crippen molar-refractivity contribution >= 4 is 43.1 Å². The molecule has 2 nitrogen and oxygen atoms in total. The van der Waals surface area contributed by atoms with Crippen molar-refractivity contribution in [3.8, 4) is 67.8 Å². The Morgan fingerprint density at radius 2 is 0.778 bits per heavy atom. The molecule has 252 valence electrons. The lowest BCUT2D eigenvalue weighted by molar-refractivity contribution is 1.35. The number of aryl methyl sites for hydroxylation is 4. The lowest BCUT2D eigenvalue weighted by Crippen LogP contribution is -1.96. The topological polar surface area (TPSA) is 47.6 Å². The SMILES string of the molecule is Cc1cc(C#N)cc(C)c1-c1cc2c3cc4c(cc3c(-c3c(C)cc(C#N)cc3C)cc2c2ccccc12)-c1cccc2c(-c3ccccc3)ccc-4c12. The van der Waals surface area contributed by atoms with E-state index in [1.54, 1.807) is 0 Å². The maximum absolute atomic E-state index is 9.86. The molecule has 9 aromatic rings. The first-order chi connectivity index (χ1) is 26.3. The fourth-order valence-corrected chi connectivity index (χ4v) is 9.53. The van der Waals surface area contributed by atoms with Crippen LogP contribution in [0.15, 0.2) is 133 Å². The van der Waals surface area contributed by atoms with Crippen LogP contribution in [-0.2, 0) is 0 Å². The molecule has 0 saturated heterocycles. The molecular formula is C52H34N2. The van der Waals surface area contributed by atoms with Crippen molar-refractivity contribution in [2.45, 2.75) is 27.7 Å². The predicted molar refractivity (Wildman–Crippen MR) is 226 cm³/mol. The number of hydrogen-bond acceptors (Lipinski definition) is 2. The molecule has 0 fully saturated rings. The van der Waals surface area contributed by atoms with Crippen molar-refractivity contribution in [1.82, 2.24) is 0 Å². The van der Waals surface area contributed by atoms with Gasteiger partial charge < -0.3 is 0 Å². The Morgan fingerprint density at radius 1 is 0.333 bits per heavy atom. The average Bonchev–Trinajstić information content (AvgIpc) is 3.50. The van der Waals surface area contributed by atoms with Crippen LogP contribution in [-0.4, -0.2) is 0 Å². The van der Waals surface area contributed by atoms with Gasteiger partial charge in [-0.25, -0.2) is 0 Å². The third kappa shape index (κ3) is 4.51. The van der Waals surface area contributed by atoms with E-state index in [4.69, 9.17) is 0 Å². The third-order valence-electron chi connectivity index (χ3n) is 11.7. The first kappa shape index (κ1) is 31.7. The van der Waals surface area contributed by atoms with E-state index in [1.807, 2.05) is 24.3 Å². The zero-order valence-corrected chi connectivity index (χ0v) is 30.6. The molecule has 10 rings (SSSR count). The van der Waals surface area contributed by atoms with Crippen molar-refractivity contribution in [2.75, 3.05) is 0 Å². The van der Waals surface area contributed by atoms with Crippen LogP contribution in [0.4, 0.5) is 0 Å². The lowest BCUT2D eigenvalue weighted by Gasteiger charge is -2.20. The Labute approximate surface area is 314 Å². The van der Waals surface area contributed by atoms with E-state index in [9.17, 15) is 10.5 Å². The summed E-state index contributed by atoms with van der Waals surface area (Å²) in [5, 5.41) is 29.4. The molecule has 0 amide bonds. The van der Waals surface area contributed by atoms with Crippen LogP contribution in [0.25, 0.3) is 98.7 Å². The molecule has 0 spiro atoms. The van der Waals surface area contributed by atoms with Gasteiger partial charge in [0.15, 0.2) is 0 Å². The minimum atomic E-state index is 0.680. The molecule has 0 heterocycles. The Hall–Kier alpha value is -7.00. The van der Waals surface area contributed by atoms with Gasteiger partial charge in [-0.2, -0.15) is 10.5 Å². The van der Waals surface area contributed by atoms with Crippen LogP contribution in [0, 0.1) is 50.4 Å². The summed E-state index contributed by atoms with van der Waals surface area (Å²) in [6.45, 7) is 8.50. The minimum Gasteiger partial charge on any atom is -0.192 e. The summed E-state index contributed by atoms with van der Waals surface area (Å²) < 4.78 is 0. The average molecular weight is 687 g/mol. The van der Waals surface area contributed by atoms with Gasteiger partial charge >= 0.3 is 0 Å². The molecule has 0 bridgehead atoms. The monoisotopic (exact) mass is 686 g/mol. The summed E-state index contributed by atoms with van der Waals surface area (Å²) in [6.07, 6.45) is 0. The molecule has 9 aromatic carbocycles. The number of nitriles is 2. The van der Waals surface area contributed by atoms with Gasteiger partial charge in [0.2, 0.25) is 0 Å². The van der Waals surface area contributed by atoms with Gasteiger partial charge in [0.25, 0.3) is 0 Å². The van der Waals surface area contributed by atoms with Crippen molar-refractivity contribution in [1.29, 1.82) is 10.5 Å². The Bertz CT molecular complexity index is 3160. The zero-order chi connectivity index (χ0) is 36.8. The highest BCUT2D eigenvalue weighted by Gasteiger charge is 2.26. The van der Waals surface area contributed by atoms with Gasteiger partial charge in [0.1, 0.15) is 0 Å². The van der Waals surface area contributed by atoms with Gasteiger partial charge in [-0.3, -0.25) is 0 Å². The molecule has 1 aliphatic rings. The van der Waals surface area contributed by atoms with Crippen LogP contribution < -0.4 is 0 Å². The fourth-order valence-electron chi connectivity index (χ4n) is 9.53. The first-order valence-electron chi connectivity index (χ1n) is 18.5. The summed E-state index contributed by atoms with van der Waals surface area (Å²) in [7, 11) is 0. The van der Waals surface area contributed by atoms with E-state index in [1.165, 1.54) is 98.7 Å². The molecule has 1 aliphatic carbocycles. The normalized spacial score (nSPS) is 11.7. The number of nitrogens with zero attached hydrogens (tertiary/aromatic N) is 2. The number of hydrogen-bond donors (Lipinski definition) is 0. The van der Waals surface area contributed by atoms with E-state index in [-0.39, 0.29) is 0 Å². The summed E-state index contributed by atoms with van der Waals surface area (Å²) >= 11 is 0. The molecule has 0 atom stereocenters. The van der Waals surface area contributed by atoms with E-state index < -0.39 is 0 Å². The van der Waals surface area contributed by atoms with E-state index in [0.29, 0.717) is 11.1 Å². The maximum Gasteiger partial charge on any atom is 0.0991 e. The number of benzene rings is 9. The molecule has 0 unspecified atom stereocenters. The summed E-state index contributed by atoms with van der Waals surface area (Å²) in [5.74, 6) is 0. The highest BCUT2D eigenvalue weighted by Crippen LogP contribution is 2.53. The quantitative estimate of drug-likeness (QED) is 0.174. The first-order valence-corrected chi connectivity index (χ1v) is 18.5. The van der Waals surface area contributed by atoms with Crippen LogP contribution in [0.1, 0.15) is 33.4 Å². The van der Waals surface area contributed by atoms with Crippen molar-refractivity contribution in [3.63, 3.8) is 0 Å². The summed E-state index contributed by atoms with van der Waals surface area (Å²) in [5.41, 5.74) is 17.9. The van der Waals surface area contributed by atoms with E-state index in [0.717, 1.165) is 22.3 Å². The summed E-state index contributed by atoms with van der Waals surface area (Å²) in [6, 6.07) is 53.2. The molecule has 0 radical (unpaired) electrons. The predicted octanol–water partition coefficient (Wildman–Crippen LogP) is 13.9. The standard InChI is InChI=1S/C52H34N2/c1-29-19-33(27-53)20-30(2)50(29)48-26-46-42(37-13-8-9-14-38(37)48)25-49(51-31(3)21-34(28-54)22-32(51)4)47-24-43-40-16-10-15-39-36(35-11-6-5-7-12-35)17-18-41(52(39)40)44(43)23-45(46)47/h5-26H,1-4H3. The zero-order valence-electron chi connectivity index (χ0n) is 30.6. The van der Waals surface area contributed by atoms with Gasteiger partial charge in [-0.1, -0.05) is 84.9 Å². The van der Waals surface area contributed by atoms with E-state index in [2.05, 4.69) is 149 Å². The molecule has 0 aromatic heterocycles. The Balaban J connectivity index is 1.36. The molecule has 0 aliphatic heterocycles. The van der Waals surface area contributed by atoms with Gasteiger partial charge in [0, 0.05) is 0 Å². The molecule has 0 saturated carbocycles. The van der Waals surface area contributed by atoms with Crippen LogP contribution in [0.3, 0.4) is 0 Å². The van der Waals surface area contributed by atoms with Crippen LogP contribution in [0.5, 0.6) is 0 Å². The van der Waals surface area contributed by atoms with Crippen LogP contribution in [0.2, 0.25) is 0 Å². The highest BCUT2D eigenvalue weighted by atomic mass is 14.3. The fraction of sp³-hybridized carbons (Fsp3) is 0.0769. The number of rotatable bonds is 3. The third-order valence-corrected chi connectivity index (χ3v) is 11.7. The van der Waals surface area contributed by atoms with Gasteiger partial charge in [0.05, 0.1) is 23.3 Å². The second-order valence-electron chi connectivity index (χ2n) is 14.9. The maximum atomic E-state index is 9.86. The summed E-state index contributed by atoms with van der Waals surface area (Å²) in [4.78, 5) is 0. The lowest BCUT2D eigenvalue weighted by atomic mass is 9.83. The van der Waals surface area contributed by atoms with Crippen molar-refractivity contribution in [3.05, 3.63) is 167 Å². The van der Waals surface area contributed by atoms with Gasteiger partial charge in [-0.15, -0.1) is 0 Å². The highest BCUT2D eigenvalue weighted by molar-refractivity contribution is 6.27. The second kappa shape index (κ2) is 11.8. The molecule has 2 heteroatoms. The van der Waals surface area contributed by atoms with Gasteiger partial charge in [-0.05, 0) is 197 Å². The van der Waals surface area contributed by atoms with E-state index >= 15 is 0 Å². The van der Waals surface area contributed by atoms with Crippen molar-refractivity contribution < 1.29 is 0 Å². The molecule has 0 N–H and O–H groups in total. The Kier molecular flexibility index (Phi) is 6.91.